The van der Waals surface area contributed by atoms with Crippen molar-refractivity contribution in [1.29, 1.82) is 0 Å². The second-order valence-corrected chi connectivity index (χ2v) is 8.60. The summed E-state index contributed by atoms with van der Waals surface area (Å²) in [5, 5.41) is 16.4. The minimum atomic E-state index is -0.827. The molecule has 1 unspecified atom stereocenters. The van der Waals surface area contributed by atoms with Gasteiger partial charge in [-0.15, -0.1) is 0 Å². The normalized spacial score (nSPS) is 15.2. The third-order valence-electron chi connectivity index (χ3n) is 5.35. The van der Waals surface area contributed by atoms with Gasteiger partial charge in [-0.3, -0.25) is 24.6 Å². The average molecular weight is 475 g/mol. The molecule has 1 saturated heterocycles. The number of hydrogen-bond acceptors (Lipinski definition) is 6. The van der Waals surface area contributed by atoms with Crippen molar-refractivity contribution in [3.8, 4) is 0 Å². The summed E-state index contributed by atoms with van der Waals surface area (Å²) < 4.78 is 5.38. The van der Waals surface area contributed by atoms with Crippen molar-refractivity contribution < 1.29 is 19.2 Å². The first-order valence-electron chi connectivity index (χ1n) is 10.7. The smallest absolute Gasteiger partial charge is 0.270 e. The van der Waals surface area contributed by atoms with Gasteiger partial charge in [0.15, 0.2) is 0 Å². The monoisotopic (exact) mass is 474 g/mol. The Hall–Kier alpha value is -3.01. The van der Waals surface area contributed by atoms with Gasteiger partial charge in [0.2, 0.25) is 5.91 Å². The molecule has 0 radical (unpaired) electrons. The van der Waals surface area contributed by atoms with Gasteiger partial charge in [0.25, 0.3) is 11.6 Å². The molecule has 176 valence electrons. The molecule has 1 aliphatic heterocycles. The molecule has 2 aromatic rings. The van der Waals surface area contributed by atoms with Crippen LogP contribution in [0.15, 0.2) is 42.5 Å². The Balaban J connectivity index is 1.67. The van der Waals surface area contributed by atoms with E-state index < -0.39 is 16.9 Å². The number of benzene rings is 2. The van der Waals surface area contributed by atoms with Crippen LogP contribution in [0.25, 0.3) is 0 Å². The fraction of sp³-hybridized carbons (Fsp3) is 0.391. The highest BCUT2D eigenvalue weighted by molar-refractivity contribution is 6.34. The fourth-order valence-corrected chi connectivity index (χ4v) is 3.80. The summed E-state index contributed by atoms with van der Waals surface area (Å²) in [5.74, 6) is -1.15. The summed E-state index contributed by atoms with van der Waals surface area (Å²) >= 11 is 6.06. The third kappa shape index (κ3) is 6.74. The largest absolute Gasteiger partial charge is 0.379 e. The predicted molar refractivity (Wildman–Crippen MR) is 125 cm³/mol. The Morgan fingerprint density at radius 2 is 1.91 bits per heavy atom. The van der Waals surface area contributed by atoms with Crippen molar-refractivity contribution in [3.63, 3.8) is 0 Å². The zero-order valence-corrected chi connectivity index (χ0v) is 19.3. The predicted octanol–water partition coefficient (Wildman–Crippen LogP) is 3.47. The van der Waals surface area contributed by atoms with Crippen LogP contribution < -0.4 is 10.6 Å². The first-order valence-corrected chi connectivity index (χ1v) is 11.1. The topological polar surface area (TPSA) is 114 Å². The van der Waals surface area contributed by atoms with E-state index in [4.69, 9.17) is 16.3 Å². The second kappa shape index (κ2) is 11.2. The number of amides is 2. The standard InChI is InChI=1S/C23H27ClN4O5/c1-15(2)21(26-22(29)19-7-6-18(28(31)32)13-20(19)24)23(30)25-17-5-3-4-16(12-17)14-27-8-10-33-11-9-27/h3-7,12-13,15,21H,8-11,14H2,1-2H3,(H,25,30)(H,26,29). The number of nitrogens with zero attached hydrogens (tertiary/aromatic N) is 2. The molecule has 1 atom stereocenters. The summed E-state index contributed by atoms with van der Waals surface area (Å²) in [6.07, 6.45) is 0. The number of halogens is 1. The van der Waals surface area contributed by atoms with E-state index in [0.29, 0.717) is 18.9 Å². The van der Waals surface area contributed by atoms with Gasteiger partial charge in [0.1, 0.15) is 6.04 Å². The number of nitro benzene ring substituents is 1. The molecule has 0 aromatic heterocycles. The summed E-state index contributed by atoms with van der Waals surface area (Å²) in [5.41, 5.74) is 1.55. The zero-order chi connectivity index (χ0) is 24.0. The maximum Gasteiger partial charge on any atom is 0.270 e. The van der Waals surface area contributed by atoms with Gasteiger partial charge >= 0.3 is 0 Å². The molecule has 10 heteroatoms. The van der Waals surface area contributed by atoms with Crippen LogP contribution in [0, 0.1) is 16.0 Å². The molecule has 0 spiro atoms. The third-order valence-corrected chi connectivity index (χ3v) is 5.66. The number of rotatable bonds is 8. The van der Waals surface area contributed by atoms with Gasteiger partial charge in [-0.1, -0.05) is 37.6 Å². The lowest BCUT2D eigenvalue weighted by Gasteiger charge is -2.26. The van der Waals surface area contributed by atoms with E-state index in [1.165, 1.54) is 12.1 Å². The van der Waals surface area contributed by atoms with E-state index in [-0.39, 0.29) is 28.1 Å². The van der Waals surface area contributed by atoms with Crippen molar-refractivity contribution >= 4 is 34.8 Å². The van der Waals surface area contributed by atoms with Crippen LogP contribution in [0.1, 0.15) is 29.8 Å². The van der Waals surface area contributed by atoms with Gasteiger partial charge in [-0.05, 0) is 29.7 Å². The van der Waals surface area contributed by atoms with Crippen LogP contribution >= 0.6 is 11.6 Å². The zero-order valence-electron chi connectivity index (χ0n) is 18.5. The van der Waals surface area contributed by atoms with Gasteiger partial charge in [-0.25, -0.2) is 0 Å². The number of morpholine rings is 1. The molecule has 1 heterocycles. The van der Waals surface area contributed by atoms with E-state index in [0.717, 1.165) is 31.3 Å². The van der Waals surface area contributed by atoms with Crippen molar-refractivity contribution in [3.05, 3.63) is 68.7 Å². The molecule has 3 rings (SSSR count). The second-order valence-electron chi connectivity index (χ2n) is 8.19. The van der Waals surface area contributed by atoms with Crippen molar-refractivity contribution in [2.75, 3.05) is 31.6 Å². The minimum absolute atomic E-state index is 0.0552. The van der Waals surface area contributed by atoms with Crippen LogP contribution in [0.5, 0.6) is 0 Å². The molecule has 9 nitrogen and oxygen atoms in total. The summed E-state index contributed by atoms with van der Waals surface area (Å²) in [4.78, 5) is 38.3. The Bertz CT molecular complexity index is 1020. The Kier molecular flexibility index (Phi) is 8.37. The highest BCUT2D eigenvalue weighted by Gasteiger charge is 2.26. The first-order chi connectivity index (χ1) is 15.7. The lowest BCUT2D eigenvalue weighted by atomic mass is 10.0. The SMILES string of the molecule is CC(C)C(NC(=O)c1ccc([N+](=O)[O-])cc1Cl)C(=O)Nc1cccc(CN2CCOCC2)c1. The molecule has 0 bridgehead atoms. The number of nitrogens with one attached hydrogen (secondary N) is 2. The maximum atomic E-state index is 13.0. The van der Waals surface area contributed by atoms with Crippen LogP contribution in [-0.2, 0) is 16.1 Å². The Morgan fingerprint density at radius 3 is 2.55 bits per heavy atom. The van der Waals surface area contributed by atoms with E-state index in [1.807, 2.05) is 32.0 Å². The molecular formula is C23H27ClN4O5. The van der Waals surface area contributed by atoms with Crippen LogP contribution in [0.3, 0.4) is 0 Å². The lowest BCUT2D eigenvalue weighted by Crippen LogP contribution is -2.47. The Labute approximate surface area is 197 Å². The van der Waals surface area contributed by atoms with Crippen molar-refractivity contribution in [2.45, 2.75) is 26.4 Å². The highest BCUT2D eigenvalue weighted by Crippen LogP contribution is 2.23. The molecule has 2 amide bonds. The number of ether oxygens (including phenoxy) is 1. The number of nitro groups is 1. The quantitative estimate of drug-likeness (QED) is 0.447. The summed E-state index contributed by atoms with van der Waals surface area (Å²) in [6, 6.07) is 10.4. The highest BCUT2D eigenvalue weighted by atomic mass is 35.5. The number of carbonyl (C=O) groups is 2. The molecule has 2 aromatic carbocycles. The van der Waals surface area contributed by atoms with Gasteiger partial charge in [0.05, 0.1) is 28.7 Å². The van der Waals surface area contributed by atoms with Gasteiger partial charge < -0.3 is 15.4 Å². The number of non-ortho nitro benzene ring substituents is 1. The van der Waals surface area contributed by atoms with Crippen molar-refractivity contribution in [2.24, 2.45) is 5.92 Å². The number of anilines is 1. The van der Waals surface area contributed by atoms with Gasteiger partial charge in [0, 0.05) is 37.5 Å². The summed E-state index contributed by atoms with van der Waals surface area (Å²) in [6.45, 7) is 7.55. The minimum Gasteiger partial charge on any atom is -0.379 e. The van der Waals surface area contributed by atoms with Crippen LogP contribution in [0.2, 0.25) is 5.02 Å². The van der Waals surface area contributed by atoms with E-state index >= 15 is 0 Å². The fourth-order valence-electron chi connectivity index (χ4n) is 3.54. The molecular weight excluding hydrogens is 448 g/mol. The summed E-state index contributed by atoms with van der Waals surface area (Å²) in [7, 11) is 0. The van der Waals surface area contributed by atoms with Gasteiger partial charge in [-0.2, -0.15) is 0 Å². The number of hydrogen-bond donors (Lipinski definition) is 2. The first kappa shape index (κ1) is 24.6. The molecule has 33 heavy (non-hydrogen) atoms. The molecule has 2 N–H and O–H groups in total. The molecule has 1 fully saturated rings. The Morgan fingerprint density at radius 1 is 1.18 bits per heavy atom. The van der Waals surface area contributed by atoms with Crippen LogP contribution in [0.4, 0.5) is 11.4 Å². The van der Waals surface area contributed by atoms with Crippen molar-refractivity contribution in [1.82, 2.24) is 10.2 Å². The lowest BCUT2D eigenvalue weighted by molar-refractivity contribution is -0.384. The molecule has 1 aliphatic rings. The van der Waals surface area contributed by atoms with E-state index in [9.17, 15) is 19.7 Å². The van der Waals surface area contributed by atoms with E-state index in [2.05, 4.69) is 15.5 Å². The average Bonchev–Trinajstić information content (AvgIpc) is 2.77. The maximum absolute atomic E-state index is 13.0. The molecule has 0 saturated carbocycles. The van der Waals surface area contributed by atoms with E-state index in [1.54, 1.807) is 6.07 Å². The number of carbonyl (C=O) groups excluding carboxylic acids is 2. The molecule has 0 aliphatic carbocycles. The van der Waals surface area contributed by atoms with Crippen LogP contribution in [-0.4, -0.2) is 54.0 Å².